The molecule has 8 nitrogen and oxygen atoms in total. The topological polar surface area (TPSA) is 77.6 Å². The summed E-state index contributed by atoms with van der Waals surface area (Å²) < 4.78 is 22.0. The number of hydrogen-bond acceptors (Lipinski definition) is 7. The molecule has 3 atom stereocenters. The molecule has 0 bridgehead atoms. The smallest absolute Gasteiger partial charge is 0.305 e. The number of hydrogen-bond donors (Lipinski definition) is 0. The van der Waals surface area contributed by atoms with Crippen LogP contribution in [0.25, 0.3) is 0 Å². The Morgan fingerprint density at radius 3 is 2.54 bits per heavy atom. The summed E-state index contributed by atoms with van der Waals surface area (Å²) in [5.41, 5.74) is 3.83. The molecule has 0 spiro atoms. The lowest BCUT2D eigenvalue weighted by atomic mass is 9.56. The van der Waals surface area contributed by atoms with Crippen LogP contribution in [0.5, 0.6) is 0 Å². The summed E-state index contributed by atoms with van der Waals surface area (Å²) in [6, 6.07) is 17.9. The number of nitriles is 1. The van der Waals surface area contributed by atoms with E-state index >= 15 is 0 Å². The maximum Gasteiger partial charge on any atom is 0.305 e. The minimum absolute atomic E-state index is 0.122. The van der Waals surface area contributed by atoms with Crippen LogP contribution < -0.4 is 4.90 Å². The molecule has 9 heteroatoms. The highest BCUT2D eigenvalue weighted by Crippen LogP contribution is 2.54. The molecule has 48 heavy (non-hydrogen) atoms. The molecule has 0 radical (unpaired) electrons. The van der Waals surface area contributed by atoms with Crippen molar-refractivity contribution in [1.82, 2.24) is 19.6 Å². The molecule has 254 valence electrons. The maximum absolute atomic E-state index is 15.0. The number of carbonyl (C=O) groups excluding carboxylic acids is 1. The van der Waals surface area contributed by atoms with Crippen molar-refractivity contribution in [3.63, 3.8) is 0 Å². The molecule has 4 fully saturated rings. The molecule has 4 heterocycles. The Morgan fingerprint density at radius 1 is 1.02 bits per heavy atom. The van der Waals surface area contributed by atoms with Gasteiger partial charge in [0.1, 0.15) is 5.82 Å². The normalized spacial score (nSPS) is 23.6. The molecule has 1 saturated carbocycles. The third-order valence-corrected chi connectivity index (χ3v) is 12.0. The first-order chi connectivity index (χ1) is 23.4. The lowest BCUT2D eigenvalue weighted by Crippen LogP contribution is -2.58. The van der Waals surface area contributed by atoms with Crippen LogP contribution in [-0.4, -0.2) is 85.0 Å². The predicted molar refractivity (Wildman–Crippen MR) is 184 cm³/mol. The minimum atomic E-state index is -0.180. The number of piperidine rings is 1. The molecule has 1 aromatic heterocycles. The Morgan fingerprint density at radius 2 is 1.85 bits per heavy atom. The Kier molecular flexibility index (Phi) is 9.83. The predicted octanol–water partition coefficient (Wildman–Crippen LogP) is 5.71. The van der Waals surface area contributed by atoms with Crippen molar-refractivity contribution < 1.29 is 13.9 Å². The summed E-state index contributed by atoms with van der Waals surface area (Å²) in [7, 11) is 1.49. The number of nitrogens with zero attached hydrogens (tertiary/aromatic N) is 6. The highest BCUT2D eigenvalue weighted by molar-refractivity contribution is 5.69. The fraction of sp³-hybridized carbons (Fsp3) is 0.564. The zero-order valence-corrected chi connectivity index (χ0v) is 28.3. The van der Waals surface area contributed by atoms with Crippen LogP contribution in [0.3, 0.4) is 0 Å². The number of ether oxygens (including phenoxy) is 1. The second-order valence-corrected chi connectivity index (χ2v) is 14.8. The highest BCUT2D eigenvalue weighted by Gasteiger charge is 2.53. The number of anilines is 1. The van der Waals surface area contributed by atoms with E-state index < -0.39 is 0 Å². The van der Waals surface area contributed by atoms with E-state index in [2.05, 4.69) is 44.1 Å². The average molecular weight is 653 g/mol. The van der Waals surface area contributed by atoms with Crippen LogP contribution in [-0.2, 0) is 21.5 Å². The van der Waals surface area contributed by atoms with Gasteiger partial charge in [-0.25, -0.2) is 4.39 Å². The van der Waals surface area contributed by atoms with Crippen molar-refractivity contribution in [3.05, 3.63) is 83.4 Å². The van der Waals surface area contributed by atoms with Gasteiger partial charge in [-0.05, 0) is 124 Å². The van der Waals surface area contributed by atoms with Gasteiger partial charge in [0.15, 0.2) is 0 Å². The third kappa shape index (κ3) is 6.75. The van der Waals surface area contributed by atoms with Gasteiger partial charge >= 0.3 is 5.97 Å². The van der Waals surface area contributed by atoms with Gasteiger partial charge in [0.05, 0.1) is 25.3 Å². The fourth-order valence-electron chi connectivity index (χ4n) is 9.51. The van der Waals surface area contributed by atoms with E-state index in [0.29, 0.717) is 36.3 Å². The quantitative estimate of drug-likeness (QED) is 0.232. The van der Waals surface area contributed by atoms with Crippen molar-refractivity contribution in [3.8, 4) is 6.07 Å². The molecule has 7 rings (SSSR count). The van der Waals surface area contributed by atoms with E-state index in [-0.39, 0.29) is 23.1 Å². The van der Waals surface area contributed by atoms with Crippen molar-refractivity contribution in [2.24, 2.45) is 23.7 Å². The molecule has 1 aliphatic carbocycles. The molecule has 0 N–H and O–H groups in total. The lowest BCUT2D eigenvalue weighted by molar-refractivity contribution is -0.142. The van der Waals surface area contributed by atoms with E-state index in [9.17, 15) is 14.4 Å². The highest BCUT2D eigenvalue weighted by atomic mass is 19.1. The van der Waals surface area contributed by atoms with E-state index in [1.165, 1.54) is 19.2 Å². The van der Waals surface area contributed by atoms with E-state index in [0.717, 1.165) is 95.6 Å². The Labute approximate surface area is 284 Å². The monoisotopic (exact) mass is 652 g/mol. The van der Waals surface area contributed by atoms with Crippen LogP contribution in [0.4, 0.5) is 10.1 Å². The van der Waals surface area contributed by atoms with E-state index in [1.807, 2.05) is 35.1 Å². The average Bonchev–Trinajstić information content (AvgIpc) is 3.75. The fourth-order valence-corrected chi connectivity index (χ4v) is 9.51. The van der Waals surface area contributed by atoms with Crippen LogP contribution in [0, 0.1) is 40.8 Å². The van der Waals surface area contributed by atoms with Gasteiger partial charge in [-0.1, -0.05) is 18.6 Å². The largest absolute Gasteiger partial charge is 0.469 e. The molecule has 0 amide bonds. The van der Waals surface area contributed by atoms with Gasteiger partial charge in [-0.15, -0.1) is 0 Å². The number of rotatable bonds is 12. The van der Waals surface area contributed by atoms with Crippen molar-refractivity contribution >= 4 is 11.7 Å². The van der Waals surface area contributed by atoms with E-state index in [1.54, 1.807) is 12.3 Å². The van der Waals surface area contributed by atoms with Crippen molar-refractivity contribution in [2.75, 3.05) is 64.4 Å². The summed E-state index contributed by atoms with van der Waals surface area (Å²) in [6.07, 6.45) is 10.8. The summed E-state index contributed by atoms with van der Waals surface area (Å²) in [4.78, 5) is 20.2. The molecule has 3 aliphatic heterocycles. The standard InChI is InChI=1S/C39H49FN6O2/c1-48-38(47)21-30-6-2-9-37(30)39(28-44-15-5-16-44,34-7-3-8-35(40)22-34)33-12-18-43(19-13-33)24-29-25-45(26-29)36-11-10-31(23-41)32(20-36)27-46-17-4-14-42-46/h3-4,7-8,10-11,14,17,20,22,29-30,33,37H,2,5-6,9,12-13,15-16,18-19,21,24-28H2,1H3/t30-,37+,39+/m1/s1. The van der Waals surface area contributed by atoms with Gasteiger partial charge in [0, 0.05) is 62.0 Å². The number of halogens is 1. The summed E-state index contributed by atoms with van der Waals surface area (Å²) in [5, 5.41) is 14.0. The summed E-state index contributed by atoms with van der Waals surface area (Å²) in [5.74, 6) is 1.36. The molecule has 3 saturated heterocycles. The van der Waals surface area contributed by atoms with Crippen LogP contribution in [0.15, 0.2) is 60.9 Å². The molecular weight excluding hydrogens is 603 g/mol. The maximum atomic E-state index is 15.0. The van der Waals surface area contributed by atoms with Crippen molar-refractivity contribution in [1.29, 1.82) is 5.26 Å². The molecule has 0 unspecified atom stereocenters. The first-order valence-electron chi connectivity index (χ1n) is 18.0. The minimum Gasteiger partial charge on any atom is -0.469 e. The third-order valence-electron chi connectivity index (χ3n) is 12.0. The zero-order valence-electron chi connectivity index (χ0n) is 28.3. The molecule has 2 aromatic carbocycles. The second-order valence-electron chi connectivity index (χ2n) is 14.8. The zero-order chi connectivity index (χ0) is 33.1. The van der Waals surface area contributed by atoms with Crippen LogP contribution in [0.1, 0.15) is 61.6 Å². The van der Waals surface area contributed by atoms with Gasteiger partial charge in [-0.3, -0.25) is 9.48 Å². The van der Waals surface area contributed by atoms with Gasteiger partial charge in [0.25, 0.3) is 0 Å². The van der Waals surface area contributed by atoms with Gasteiger partial charge in [0.2, 0.25) is 0 Å². The van der Waals surface area contributed by atoms with Crippen LogP contribution >= 0.6 is 0 Å². The Balaban J connectivity index is 1.03. The number of likely N-dealkylation sites (tertiary alicyclic amines) is 2. The summed E-state index contributed by atoms with van der Waals surface area (Å²) >= 11 is 0. The molecule has 3 aromatic rings. The number of carbonyl (C=O) groups is 1. The van der Waals surface area contributed by atoms with Crippen LogP contribution in [0.2, 0.25) is 0 Å². The van der Waals surface area contributed by atoms with E-state index in [4.69, 9.17) is 4.74 Å². The second kappa shape index (κ2) is 14.4. The number of methoxy groups -OCH3 is 1. The molecule has 4 aliphatic rings. The Hall–Kier alpha value is -3.74. The first kappa shape index (κ1) is 32.8. The lowest BCUT2D eigenvalue weighted by Gasteiger charge is -2.54. The van der Waals surface area contributed by atoms with Gasteiger partial charge in [-0.2, -0.15) is 10.4 Å². The van der Waals surface area contributed by atoms with Gasteiger partial charge < -0.3 is 19.4 Å². The number of esters is 1. The molecular formula is C39H49FN6O2. The van der Waals surface area contributed by atoms with Crippen molar-refractivity contribution in [2.45, 2.75) is 56.9 Å². The SMILES string of the molecule is COC(=O)C[C@H]1CCC[C@@H]1[C@](CN1CCC1)(c1cccc(F)c1)C1CCN(CC2CN(c3ccc(C#N)c(Cn4cccn4)c3)C2)CC1. The first-order valence-corrected chi connectivity index (χ1v) is 18.0. The summed E-state index contributed by atoms with van der Waals surface area (Å²) in [6.45, 7) is 8.99. The Bertz CT molecular complexity index is 1590. The number of aromatic nitrogens is 2. The number of benzene rings is 2.